The van der Waals surface area contributed by atoms with Gasteiger partial charge in [0.05, 0.1) is 11.3 Å². The van der Waals surface area contributed by atoms with Crippen LogP contribution in [0.5, 0.6) is 0 Å². The van der Waals surface area contributed by atoms with Gasteiger partial charge in [0.25, 0.3) is 10.0 Å². The monoisotopic (exact) mass is 390 g/mol. The number of aromatic nitrogens is 1. The minimum Gasteiger partial charge on any atom is -0.356 e. The summed E-state index contributed by atoms with van der Waals surface area (Å²) in [4.78, 5) is 1.88. The summed E-state index contributed by atoms with van der Waals surface area (Å²) in [5.41, 5.74) is 3.85. The molecule has 0 atom stereocenters. The van der Waals surface area contributed by atoms with Gasteiger partial charge < -0.3 is 4.52 Å². The number of hydrogen-bond donors (Lipinski definition) is 1. The number of sulfonamides is 1. The first-order chi connectivity index (χ1) is 12.2. The minimum absolute atomic E-state index is 0.265. The molecule has 0 amide bonds. The molecule has 138 valence electrons. The fourth-order valence-electron chi connectivity index (χ4n) is 2.96. The van der Waals surface area contributed by atoms with E-state index in [2.05, 4.69) is 9.88 Å². The molecule has 2 aromatic heterocycles. The molecule has 0 aliphatic carbocycles. The van der Waals surface area contributed by atoms with E-state index in [-0.39, 0.29) is 4.90 Å². The van der Waals surface area contributed by atoms with Crippen molar-refractivity contribution in [2.45, 2.75) is 45.9 Å². The lowest BCUT2D eigenvalue weighted by Crippen LogP contribution is -2.14. The number of nitrogens with zero attached hydrogens (tertiary/aromatic N) is 1. The molecule has 0 saturated carbocycles. The van der Waals surface area contributed by atoms with Crippen molar-refractivity contribution in [2.75, 3.05) is 4.72 Å². The fourth-order valence-corrected chi connectivity index (χ4v) is 5.86. The zero-order chi connectivity index (χ0) is 19.1. The second-order valence-electron chi connectivity index (χ2n) is 6.30. The predicted molar refractivity (Wildman–Crippen MR) is 105 cm³/mol. The Hall–Kier alpha value is -2.12. The van der Waals surface area contributed by atoms with E-state index in [0.29, 0.717) is 17.0 Å². The van der Waals surface area contributed by atoms with Crippen molar-refractivity contribution in [1.29, 1.82) is 0 Å². The summed E-state index contributed by atoms with van der Waals surface area (Å²) < 4.78 is 34.5. The summed E-state index contributed by atoms with van der Waals surface area (Å²) in [5, 5.41) is 3.99. The summed E-state index contributed by atoms with van der Waals surface area (Å²) in [7, 11) is -3.76. The van der Waals surface area contributed by atoms with Gasteiger partial charge in [-0.2, -0.15) is 0 Å². The highest BCUT2D eigenvalue weighted by atomic mass is 32.2. The first kappa shape index (κ1) is 18.7. The lowest BCUT2D eigenvalue weighted by molar-refractivity contribution is 0.426. The largest absolute Gasteiger partial charge is 0.356 e. The van der Waals surface area contributed by atoms with Gasteiger partial charge in [-0.25, -0.2) is 8.42 Å². The molecule has 0 bridgehead atoms. The number of aryl methyl sites for hydroxylation is 4. The van der Waals surface area contributed by atoms with Gasteiger partial charge in [0.1, 0.15) is 4.90 Å². The lowest BCUT2D eigenvalue weighted by atomic mass is 10.1. The number of hydrogen-bond acceptors (Lipinski definition) is 5. The van der Waals surface area contributed by atoms with Crippen molar-refractivity contribution in [3.63, 3.8) is 0 Å². The number of anilines is 1. The molecule has 0 radical (unpaired) electrons. The van der Waals surface area contributed by atoms with Crippen molar-refractivity contribution >= 4 is 27.0 Å². The van der Waals surface area contributed by atoms with Crippen molar-refractivity contribution in [2.24, 2.45) is 0 Å². The predicted octanol–water partition coefficient (Wildman–Crippen LogP) is 5.00. The van der Waals surface area contributed by atoms with Crippen LogP contribution in [0, 0.1) is 27.7 Å². The van der Waals surface area contributed by atoms with Gasteiger partial charge in [0.15, 0.2) is 5.76 Å². The maximum atomic E-state index is 13.2. The molecular formula is C19H22N2O3S2. The summed E-state index contributed by atoms with van der Waals surface area (Å²) in [6, 6.07) is 7.45. The van der Waals surface area contributed by atoms with E-state index < -0.39 is 10.0 Å². The summed E-state index contributed by atoms with van der Waals surface area (Å²) in [6.07, 6.45) is 0.841. The van der Waals surface area contributed by atoms with Crippen LogP contribution >= 0.6 is 11.3 Å². The average molecular weight is 391 g/mol. The van der Waals surface area contributed by atoms with Crippen LogP contribution in [0.1, 0.15) is 33.5 Å². The maximum Gasteiger partial charge on any atom is 0.263 e. The van der Waals surface area contributed by atoms with Crippen molar-refractivity contribution in [1.82, 2.24) is 5.16 Å². The average Bonchev–Trinajstić information content (AvgIpc) is 3.06. The van der Waals surface area contributed by atoms with Gasteiger partial charge in [0, 0.05) is 21.0 Å². The van der Waals surface area contributed by atoms with Gasteiger partial charge in [-0.15, -0.1) is 11.3 Å². The summed E-state index contributed by atoms with van der Waals surface area (Å²) in [6.45, 7) is 9.49. The van der Waals surface area contributed by atoms with E-state index in [4.69, 9.17) is 4.52 Å². The van der Waals surface area contributed by atoms with Gasteiger partial charge in [-0.05, 0) is 51.8 Å². The normalized spacial score (nSPS) is 11.7. The molecule has 0 aliphatic heterocycles. The minimum atomic E-state index is -3.76. The summed E-state index contributed by atoms with van der Waals surface area (Å²) in [5.74, 6) is 0.520. The van der Waals surface area contributed by atoms with Gasteiger partial charge in [0.2, 0.25) is 0 Å². The van der Waals surface area contributed by atoms with Crippen LogP contribution in [0.3, 0.4) is 0 Å². The quantitative estimate of drug-likeness (QED) is 0.665. The van der Waals surface area contributed by atoms with Crippen molar-refractivity contribution in [3.8, 4) is 11.3 Å². The van der Waals surface area contributed by atoms with Gasteiger partial charge in [-0.1, -0.05) is 24.2 Å². The number of rotatable bonds is 5. The zero-order valence-corrected chi connectivity index (χ0v) is 17.1. The molecule has 0 aliphatic rings. The molecule has 3 rings (SSSR count). The van der Waals surface area contributed by atoms with E-state index in [0.717, 1.165) is 33.0 Å². The first-order valence-corrected chi connectivity index (χ1v) is 10.7. The molecule has 2 heterocycles. The number of benzene rings is 1. The van der Waals surface area contributed by atoms with E-state index in [1.807, 2.05) is 52.8 Å². The first-order valence-electron chi connectivity index (χ1n) is 8.39. The lowest BCUT2D eigenvalue weighted by Gasteiger charge is -2.11. The third kappa shape index (κ3) is 3.29. The Balaban J connectivity index is 2.12. The Morgan fingerprint density at radius 1 is 1.15 bits per heavy atom. The van der Waals surface area contributed by atoms with Crippen LogP contribution < -0.4 is 4.72 Å². The third-order valence-electron chi connectivity index (χ3n) is 4.45. The Morgan fingerprint density at radius 2 is 1.88 bits per heavy atom. The molecule has 0 spiro atoms. The van der Waals surface area contributed by atoms with E-state index in [1.54, 1.807) is 6.07 Å². The molecule has 7 heteroatoms. The Labute approximate surface area is 158 Å². The Kier molecular flexibility index (Phi) is 4.94. The second-order valence-corrected chi connectivity index (χ2v) is 9.35. The van der Waals surface area contributed by atoms with E-state index in [1.165, 1.54) is 11.3 Å². The van der Waals surface area contributed by atoms with Crippen molar-refractivity contribution in [3.05, 3.63) is 50.8 Å². The number of nitrogens with one attached hydrogen (secondary N) is 1. The summed E-state index contributed by atoms with van der Waals surface area (Å²) >= 11 is 1.45. The van der Waals surface area contributed by atoms with E-state index in [9.17, 15) is 8.42 Å². The molecule has 5 nitrogen and oxygen atoms in total. The van der Waals surface area contributed by atoms with Crippen LogP contribution in [0.4, 0.5) is 5.69 Å². The zero-order valence-electron chi connectivity index (χ0n) is 15.5. The van der Waals surface area contributed by atoms with Crippen LogP contribution in [0.25, 0.3) is 11.3 Å². The fraction of sp³-hybridized carbons (Fsp3) is 0.316. The van der Waals surface area contributed by atoms with Crippen LogP contribution in [0.15, 0.2) is 33.7 Å². The Bertz CT molecular complexity index is 1060. The van der Waals surface area contributed by atoms with Crippen molar-refractivity contribution < 1.29 is 12.9 Å². The smallest absolute Gasteiger partial charge is 0.263 e. The van der Waals surface area contributed by atoms with Gasteiger partial charge in [-0.3, -0.25) is 4.72 Å². The molecule has 0 saturated heterocycles. The SMILES string of the molecule is CCc1cccc(NS(=O)(=O)c2c(C)sc(C)c2-c2onc(C)c2C)c1. The highest BCUT2D eigenvalue weighted by molar-refractivity contribution is 7.93. The topological polar surface area (TPSA) is 72.2 Å². The van der Waals surface area contributed by atoms with E-state index >= 15 is 0 Å². The molecule has 0 fully saturated rings. The highest BCUT2D eigenvalue weighted by Gasteiger charge is 2.29. The molecule has 26 heavy (non-hydrogen) atoms. The molecule has 0 unspecified atom stereocenters. The Morgan fingerprint density at radius 3 is 2.50 bits per heavy atom. The highest BCUT2D eigenvalue weighted by Crippen LogP contribution is 2.41. The number of thiophene rings is 1. The van der Waals surface area contributed by atoms with Gasteiger partial charge >= 0.3 is 0 Å². The molecule has 3 aromatic rings. The van der Waals surface area contributed by atoms with Crippen LogP contribution in [-0.2, 0) is 16.4 Å². The molecule has 1 aromatic carbocycles. The van der Waals surface area contributed by atoms with Crippen LogP contribution in [-0.4, -0.2) is 13.6 Å². The van der Waals surface area contributed by atoms with Crippen LogP contribution in [0.2, 0.25) is 0 Å². The standard InChI is InChI=1S/C19H22N2O3S2/c1-6-15-8-7-9-16(10-15)21-26(22,23)19-14(5)25-13(4)17(19)18-11(2)12(3)20-24-18/h7-10,21H,6H2,1-5H3. The maximum absolute atomic E-state index is 13.2. The second kappa shape index (κ2) is 6.89. The molecular weight excluding hydrogens is 368 g/mol. The molecule has 1 N–H and O–H groups in total. The third-order valence-corrected chi connectivity index (χ3v) is 7.15.